The highest BCUT2D eigenvalue weighted by Gasteiger charge is 2.16. The summed E-state index contributed by atoms with van der Waals surface area (Å²) in [6.07, 6.45) is 1.44. The molecule has 0 bridgehead atoms. The molecule has 0 aliphatic rings. The zero-order valence-electron chi connectivity index (χ0n) is 20.2. The van der Waals surface area contributed by atoms with Crippen molar-refractivity contribution in [2.24, 2.45) is 0 Å². The molecule has 0 saturated carbocycles. The number of nitrogens with zero attached hydrogens (tertiary/aromatic N) is 1. The zero-order chi connectivity index (χ0) is 26.8. The summed E-state index contributed by atoms with van der Waals surface area (Å²) in [5.41, 5.74) is 1.60. The molecule has 0 saturated heterocycles. The number of carbonyl (C=O) groups is 2. The number of hydrogen-bond acceptors (Lipinski definition) is 6. The molecule has 0 radical (unpaired) electrons. The van der Waals surface area contributed by atoms with Gasteiger partial charge in [0.15, 0.2) is 11.5 Å². The molecule has 3 rings (SSSR count). The first-order valence-corrected chi connectivity index (χ1v) is 12.5. The zero-order valence-corrected chi connectivity index (χ0v) is 22.4. The van der Waals surface area contributed by atoms with Gasteiger partial charge in [-0.3, -0.25) is 4.79 Å². The highest BCUT2D eigenvalue weighted by atomic mass is 127. The van der Waals surface area contributed by atoms with Gasteiger partial charge in [0.25, 0.3) is 5.91 Å². The van der Waals surface area contributed by atoms with Crippen molar-refractivity contribution in [2.45, 2.75) is 20.5 Å². The second kappa shape index (κ2) is 13.4. The molecule has 1 N–H and O–H groups in total. The van der Waals surface area contributed by atoms with Crippen molar-refractivity contribution in [3.63, 3.8) is 0 Å². The minimum absolute atomic E-state index is 0.0126. The number of carbonyl (C=O) groups excluding carboxylic acids is 2. The Balaban J connectivity index is 1.80. The monoisotopic (exact) mass is 614 g/mol. The van der Waals surface area contributed by atoms with Crippen molar-refractivity contribution in [2.75, 3.05) is 18.5 Å². The van der Waals surface area contributed by atoms with Gasteiger partial charge in [-0.2, -0.15) is 5.26 Å². The Bertz CT molecular complexity index is 1350. The van der Waals surface area contributed by atoms with Crippen LogP contribution in [-0.2, 0) is 16.1 Å². The van der Waals surface area contributed by atoms with Crippen LogP contribution in [0.25, 0.3) is 6.08 Å². The number of anilines is 1. The third kappa shape index (κ3) is 7.54. The van der Waals surface area contributed by atoms with Crippen LogP contribution in [0.3, 0.4) is 0 Å². The topological polar surface area (TPSA) is 97.7 Å². The number of halogens is 2. The minimum atomic E-state index is -0.612. The van der Waals surface area contributed by atoms with E-state index in [0.717, 1.165) is 0 Å². The van der Waals surface area contributed by atoms with Gasteiger partial charge in [0, 0.05) is 11.3 Å². The molecule has 0 heterocycles. The molecule has 0 fully saturated rings. The number of amides is 1. The van der Waals surface area contributed by atoms with E-state index in [1.165, 1.54) is 24.3 Å². The van der Waals surface area contributed by atoms with E-state index in [4.69, 9.17) is 14.2 Å². The van der Waals surface area contributed by atoms with Crippen LogP contribution in [0, 0.1) is 20.7 Å². The molecule has 0 aromatic heterocycles. The highest BCUT2D eigenvalue weighted by molar-refractivity contribution is 14.1. The first-order chi connectivity index (χ1) is 17.9. The van der Waals surface area contributed by atoms with Gasteiger partial charge < -0.3 is 19.5 Å². The van der Waals surface area contributed by atoms with Gasteiger partial charge in [-0.25, -0.2) is 9.18 Å². The standard InChI is InChI=1S/C28H24FIN2O5/c1-3-35-25-15-18(14-24(30)26(25)37-17-20-7-5-6-8-23(20)29)13-21(16-31)27(33)32-22-11-9-19(10-12-22)28(34)36-4-2/h5-15H,3-4,17H2,1-2H3,(H,32,33)/b21-13+. The lowest BCUT2D eigenvalue weighted by molar-refractivity contribution is -0.112. The molecule has 9 heteroatoms. The number of nitriles is 1. The van der Waals surface area contributed by atoms with E-state index in [1.54, 1.807) is 49.4 Å². The molecule has 7 nitrogen and oxygen atoms in total. The summed E-state index contributed by atoms with van der Waals surface area (Å²) in [5, 5.41) is 12.3. The third-order valence-corrected chi connectivity index (χ3v) is 5.79. The summed E-state index contributed by atoms with van der Waals surface area (Å²) in [4.78, 5) is 24.5. The number of nitrogens with one attached hydrogen (secondary N) is 1. The molecule has 37 heavy (non-hydrogen) atoms. The highest BCUT2D eigenvalue weighted by Crippen LogP contribution is 2.35. The van der Waals surface area contributed by atoms with Crippen molar-refractivity contribution >= 4 is 46.2 Å². The van der Waals surface area contributed by atoms with Gasteiger partial charge in [0.1, 0.15) is 24.1 Å². The van der Waals surface area contributed by atoms with Crippen LogP contribution < -0.4 is 14.8 Å². The molecule has 3 aromatic rings. The number of rotatable bonds is 10. The maximum Gasteiger partial charge on any atom is 0.338 e. The lowest BCUT2D eigenvalue weighted by atomic mass is 10.1. The van der Waals surface area contributed by atoms with E-state index in [-0.39, 0.29) is 24.6 Å². The first-order valence-electron chi connectivity index (χ1n) is 11.4. The van der Waals surface area contributed by atoms with Crippen molar-refractivity contribution in [1.82, 2.24) is 0 Å². The van der Waals surface area contributed by atoms with Crippen LogP contribution in [0.4, 0.5) is 10.1 Å². The van der Waals surface area contributed by atoms with E-state index in [0.29, 0.717) is 44.1 Å². The Kier molecular flexibility index (Phi) is 10.0. The molecule has 3 aromatic carbocycles. The number of ether oxygens (including phenoxy) is 3. The molecule has 0 atom stereocenters. The Hall–Kier alpha value is -3.91. The quantitative estimate of drug-likeness (QED) is 0.128. The van der Waals surface area contributed by atoms with Crippen molar-refractivity contribution in [3.05, 3.63) is 92.3 Å². The van der Waals surface area contributed by atoms with E-state index < -0.39 is 11.9 Å². The molecule has 0 aliphatic carbocycles. The Morgan fingerprint density at radius 1 is 1.05 bits per heavy atom. The Labute approximate surface area is 228 Å². The average molecular weight is 614 g/mol. The van der Waals surface area contributed by atoms with Crippen LogP contribution >= 0.6 is 22.6 Å². The molecular formula is C28H24FIN2O5. The fraction of sp³-hybridized carbons (Fsp3) is 0.179. The van der Waals surface area contributed by atoms with E-state index in [1.807, 2.05) is 13.0 Å². The van der Waals surface area contributed by atoms with Gasteiger partial charge in [0.2, 0.25) is 0 Å². The van der Waals surface area contributed by atoms with Crippen LogP contribution in [0.5, 0.6) is 11.5 Å². The maximum absolute atomic E-state index is 14.0. The van der Waals surface area contributed by atoms with Gasteiger partial charge in [0.05, 0.1) is 22.3 Å². The molecule has 1 amide bonds. The summed E-state index contributed by atoms with van der Waals surface area (Å²) in [5.74, 6) is -0.592. The van der Waals surface area contributed by atoms with Crippen molar-refractivity contribution in [1.29, 1.82) is 5.26 Å². The Morgan fingerprint density at radius 3 is 2.43 bits per heavy atom. The Morgan fingerprint density at radius 2 is 1.78 bits per heavy atom. The second-order valence-corrected chi connectivity index (χ2v) is 8.73. The SMILES string of the molecule is CCOC(=O)c1ccc(NC(=O)/C(C#N)=C/c2cc(I)c(OCc3ccccc3F)c(OCC)c2)cc1. The lowest BCUT2D eigenvalue weighted by Gasteiger charge is -2.15. The normalized spacial score (nSPS) is 10.8. The fourth-order valence-electron chi connectivity index (χ4n) is 3.26. The van der Waals surface area contributed by atoms with Gasteiger partial charge in [-0.1, -0.05) is 18.2 Å². The van der Waals surface area contributed by atoms with Crippen LogP contribution in [0.15, 0.2) is 66.2 Å². The summed E-state index contributed by atoms with van der Waals surface area (Å²) in [6, 6.07) is 17.8. The predicted octanol–water partition coefficient (Wildman–Crippen LogP) is 6.13. The van der Waals surface area contributed by atoms with E-state index >= 15 is 0 Å². The van der Waals surface area contributed by atoms with Gasteiger partial charge in [-0.05, 0) is 90.5 Å². The van der Waals surface area contributed by atoms with Gasteiger partial charge in [-0.15, -0.1) is 0 Å². The van der Waals surface area contributed by atoms with Crippen LogP contribution in [-0.4, -0.2) is 25.1 Å². The lowest BCUT2D eigenvalue weighted by Crippen LogP contribution is -2.13. The van der Waals surface area contributed by atoms with Crippen molar-refractivity contribution < 1.29 is 28.2 Å². The summed E-state index contributed by atoms with van der Waals surface area (Å²) < 4.78 is 31.2. The number of hydrogen-bond donors (Lipinski definition) is 1. The number of esters is 1. The predicted molar refractivity (Wildman–Crippen MR) is 146 cm³/mol. The third-order valence-electron chi connectivity index (χ3n) is 4.99. The molecule has 190 valence electrons. The molecule has 0 aliphatic heterocycles. The van der Waals surface area contributed by atoms with Gasteiger partial charge >= 0.3 is 5.97 Å². The average Bonchev–Trinajstić information content (AvgIpc) is 2.88. The second-order valence-electron chi connectivity index (χ2n) is 7.56. The summed E-state index contributed by atoms with van der Waals surface area (Å²) >= 11 is 2.06. The maximum atomic E-state index is 14.0. The molecular weight excluding hydrogens is 590 g/mol. The fourth-order valence-corrected chi connectivity index (χ4v) is 4.04. The smallest absolute Gasteiger partial charge is 0.338 e. The van der Waals surface area contributed by atoms with E-state index in [2.05, 4.69) is 27.9 Å². The molecule has 0 unspecified atom stereocenters. The first kappa shape index (κ1) is 27.7. The minimum Gasteiger partial charge on any atom is -0.490 e. The van der Waals surface area contributed by atoms with E-state index in [9.17, 15) is 19.2 Å². The van der Waals surface area contributed by atoms with Crippen LogP contribution in [0.1, 0.15) is 35.3 Å². The summed E-state index contributed by atoms with van der Waals surface area (Å²) in [7, 11) is 0. The summed E-state index contributed by atoms with van der Waals surface area (Å²) in [6.45, 7) is 4.16. The largest absolute Gasteiger partial charge is 0.490 e. The molecule has 0 spiro atoms. The van der Waals surface area contributed by atoms with Crippen LogP contribution in [0.2, 0.25) is 0 Å². The van der Waals surface area contributed by atoms with Crippen molar-refractivity contribution in [3.8, 4) is 17.6 Å². The number of benzene rings is 3.